The van der Waals surface area contributed by atoms with Gasteiger partial charge in [-0.25, -0.2) is 0 Å². The van der Waals surface area contributed by atoms with Crippen molar-refractivity contribution in [1.82, 2.24) is 5.32 Å². The Morgan fingerprint density at radius 1 is 1.02 bits per heavy atom. The Hall–Kier alpha value is -4.65. The fourth-order valence-corrected chi connectivity index (χ4v) is 7.13. The maximum absolute atomic E-state index is 13.4. The molecule has 1 aliphatic rings. The average molecular weight is 621 g/mol. The summed E-state index contributed by atoms with van der Waals surface area (Å²) in [4.78, 5) is 41.2. The van der Waals surface area contributed by atoms with Crippen molar-refractivity contribution >= 4 is 57.6 Å². The highest BCUT2D eigenvalue weighted by Gasteiger charge is 2.24. The molecule has 0 aliphatic heterocycles. The van der Waals surface area contributed by atoms with E-state index in [4.69, 9.17) is 0 Å². The van der Waals surface area contributed by atoms with Crippen molar-refractivity contribution in [3.8, 4) is 6.07 Å². The molecule has 0 radical (unpaired) electrons. The molecule has 7 nitrogen and oxygen atoms in total. The zero-order valence-electron chi connectivity index (χ0n) is 24.5. The molecule has 222 valence electrons. The van der Waals surface area contributed by atoms with Gasteiger partial charge in [0.05, 0.1) is 11.3 Å². The van der Waals surface area contributed by atoms with Gasteiger partial charge >= 0.3 is 0 Å². The lowest BCUT2D eigenvalue weighted by atomic mass is 9.89. The molecule has 0 saturated heterocycles. The number of nitrogens with one attached hydrogen (secondary N) is 3. The first-order valence-corrected chi connectivity index (χ1v) is 16.1. The van der Waals surface area contributed by atoms with E-state index in [1.165, 1.54) is 28.0 Å². The number of amides is 3. The van der Waals surface area contributed by atoms with E-state index in [0.717, 1.165) is 40.8 Å². The van der Waals surface area contributed by atoms with E-state index in [1.54, 1.807) is 48.5 Å². The summed E-state index contributed by atoms with van der Waals surface area (Å²) in [5.41, 5.74) is 4.54. The molecule has 3 amide bonds. The second-order valence-electron chi connectivity index (χ2n) is 10.8. The van der Waals surface area contributed by atoms with Gasteiger partial charge in [-0.05, 0) is 79.6 Å². The molecule has 0 saturated carbocycles. The van der Waals surface area contributed by atoms with Crippen molar-refractivity contribution in [3.63, 3.8) is 0 Å². The van der Waals surface area contributed by atoms with E-state index < -0.39 is 11.8 Å². The maximum Gasteiger partial charge on any atom is 0.272 e. The van der Waals surface area contributed by atoms with Gasteiger partial charge in [-0.1, -0.05) is 61.0 Å². The van der Waals surface area contributed by atoms with Crippen LogP contribution in [0.5, 0.6) is 0 Å². The highest BCUT2D eigenvalue weighted by atomic mass is 32.2. The number of benzene rings is 3. The zero-order chi connectivity index (χ0) is 31.1. The van der Waals surface area contributed by atoms with Crippen LogP contribution in [0.15, 0.2) is 89.5 Å². The summed E-state index contributed by atoms with van der Waals surface area (Å²) < 4.78 is 0. The molecule has 1 unspecified atom stereocenters. The molecule has 1 aliphatic carbocycles. The summed E-state index contributed by atoms with van der Waals surface area (Å²) >= 11 is 2.84. The van der Waals surface area contributed by atoms with Crippen LogP contribution in [0.3, 0.4) is 0 Å². The highest BCUT2D eigenvalue weighted by molar-refractivity contribution is 8.00. The molecule has 3 N–H and O–H groups in total. The van der Waals surface area contributed by atoms with Gasteiger partial charge in [0.1, 0.15) is 16.8 Å². The molecule has 44 heavy (non-hydrogen) atoms. The van der Waals surface area contributed by atoms with Crippen LogP contribution in [-0.4, -0.2) is 23.5 Å². The van der Waals surface area contributed by atoms with Crippen LogP contribution in [0.1, 0.15) is 50.8 Å². The fourth-order valence-electron chi connectivity index (χ4n) is 5.00. The third-order valence-corrected chi connectivity index (χ3v) is 9.38. The first kappa shape index (κ1) is 30.8. The molecule has 1 atom stereocenters. The lowest BCUT2D eigenvalue weighted by Gasteiger charge is -2.17. The summed E-state index contributed by atoms with van der Waals surface area (Å²) in [5.74, 6) is -0.341. The normalized spacial score (nSPS) is 14.2. The summed E-state index contributed by atoms with van der Waals surface area (Å²) in [7, 11) is 0. The molecular formula is C35H32N4O3S2. The molecule has 0 bridgehead atoms. The number of hydrogen-bond acceptors (Lipinski definition) is 6. The summed E-state index contributed by atoms with van der Waals surface area (Å²) in [6.07, 6.45) is 4.51. The van der Waals surface area contributed by atoms with Gasteiger partial charge in [0, 0.05) is 21.0 Å². The minimum Gasteiger partial charge on any atom is -0.321 e. The van der Waals surface area contributed by atoms with E-state index in [-0.39, 0.29) is 17.4 Å². The number of rotatable bonds is 9. The second kappa shape index (κ2) is 14.2. The number of aryl methyl sites for hydroxylation is 1. The highest BCUT2D eigenvalue weighted by Crippen LogP contribution is 2.39. The Kier molecular flexibility index (Phi) is 9.95. The van der Waals surface area contributed by atoms with Gasteiger partial charge in [-0.3, -0.25) is 14.4 Å². The van der Waals surface area contributed by atoms with Crippen LogP contribution in [-0.2, 0) is 22.4 Å². The van der Waals surface area contributed by atoms with Crippen LogP contribution in [0.2, 0.25) is 0 Å². The van der Waals surface area contributed by atoms with Crippen LogP contribution >= 0.6 is 23.1 Å². The molecule has 0 fully saturated rings. The monoisotopic (exact) mass is 620 g/mol. The first-order chi connectivity index (χ1) is 21.3. The lowest BCUT2D eigenvalue weighted by Crippen LogP contribution is -2.30. The van der Waals surface area contributed by atoms with Crippen molar-refractivity contribution in [3.05, 3.63) is 117 Å². The average Bonchev–Trinajstić information content (AvgIpc) is 3.36. The van der Waals surface area contributed by atoms with Crippen LogP contribution in [0, 0.1) is 24.2 Å². The summed E-state index contributed by atoms with van der Waals surface area (Å²) in [5, 5.41) is 18.9. The Labute approximate surface area is 265 Å². The largest absolute Gasteiger partial charge is 0.321 e. The van der Waals surface area contributed by atoms with Gasteiger partial charge < -0.3 is 16.0 Å². The SMILES string of the molecule is Cc1cccc(/C=C(/NC(=O)c2ccccc2)C(=O)Nc2cccc(SCC(=O)Nc3sc4c(c3C#N)CCC(C)C4)c2)c1. The molecule has 1 aromatic heterocycles. The summed E-state index contributed by atoms with van der Waals surface area (Å²) in [6, 6.07) is 25.8. The quantitative estimate of drug-likeness (QED) is 0.135. The molecule has 1 heterocycles. The number of thioether (sulfide) groups is 1. The minimum absolute atomic E-state index is 0.100. The van der Waals surface area contributed by atoms with Crippen molar-refractivity contribution < 1.29 is 14.4 Å². The number of hydrogen-bond donors (Lipinski definition) is 3. The van der Waals surface area contributed by atoms with Crippen LogP contribution in [0.4, 0.5) is 10.7 Å². The Morgan fingerprint density at radius 3 is 2.59 bits per heavy atom. The third kappa shape index (κ3) is 7.84. The third-order valence-electron chi connectivity index (χ3n) is 7.22. The Bertz CT molecular complexity index is 1770. The second-order valence-corrected chi connectivity index (χ2v) is 12.9. The van der Waals surface area contributed by atoms with Crippen molar-refractivity contribution in [1.29, 1.82) is 5.26 Å². The Morgan fingerprint density at radius 2 is 1.82 bits per heavy atom. The van der Waals surface area contributed by atoms with Gasteiger partial charge in [0.15, 0.2) is 0 Å². The van der Waals surface area contributed by atoms with Crippen molar-refractivity contribution in [2.45, 2.75) is 38.0 Å². The molecule has 9 heteroatoms. The van der Waals surface area contributed by atoms with E-state index >= 15 is 0 Å². The van der Waals surface area contributed by atoms with E-state index in [9.17, 15) is 19.6 Å². The number of carbonyl (C=O) groups excluding carboxylic acids is 3. The predicted octanol–water partition coefficient (Wildman–Crippen LogP) is 7.19. The number of fused-ring (bicyclic) bond motifs is 1. The Balaban J connectivity index is 1.25. The lowest BCUT2D eigenvalue weighted by molar-refractivity contribution is -0.114. The topological polar surface area (TPSA) is 111 Å². The van der Waals surface area contributed by atoms with Crippen molar-refractivity contribution in [2.24, 2.45) is 5.92 Å². The first-order valence-electron chi connectivity index (χ1n) is 14.3. The number of thiophene rings is 1. The summed E-state index contributed by atoms with van der Waals surface area (Å²) in [6.45, 7) is 4.17. The van der Waals surface area contributed by atoms with Crippen molar-refractivity contribution in [2.75, 3.05) is 16.4 Å². The maximum atomic E-state index is 13.4. The molecular weight excluding hydrogens is 589 g/mol. The van der Waals surface area contributed by atoms with E-state index in [0.29, 0.717) is 27.7 Å². The van der Waals surface area contributed by atoms with Crippen LogP contribution < -0.4 is 16.0 Å². The van der Waals surface area contributed by atoms with Gasteiger partial charge in [-0.15, -0.1) is 23.1 Å². The molecule has 0 spiro atoms. The number of nitrogens with zero attached hydrogens (tertiary/aromatic N) is 1. The fraction of sp³-hybridized carbons (Fsp3) is 0.200. The molecule has 5 rings (SSSR count). The number of carbonyl (C=O) groups is 3. The van der Waals surface area contributed by atoms with E-state index in [2.05, 4.69) is 28.9 Å². The predicted molar refractivity (Wildman–Crippen MR) is 178 cm³/mol. The molecule has 3 aromatic carbocycles. The number of anilines is 2. The minimum atomic E-state index is -0.476. The van der Waals surface area contributed by atoms with E-state index in [1.807, 2.05) is 43.3 Å². The standard InChI is InChI=1S/C35H32N4O3S2/c1-22-8-6-9-24(16-22)18-30(38-33(41)25-10-4-3-5-11-25)34(42)37-26-12-7-13-27(19-26)43-21-32(40)39-35-29(20-36)28-15-14-23(2)17-31(28)44-35/h3-13,16,18-19,23H,14-15,17,21H2,1-2H3,(H,37,42)(H,38,41)(H,39,40)/b30-18+. The van der Waals surface area contributed by atoms with Gasteiger partial charge in [0.2, 0.25) is 5.91 Å². The zero-order valence-corrected chi connectivity index (χ0v) is 26.1. The number of nitriles is 1. The van der Waals surface area contributed by atoms with Crippen LogP contribution in [0.25, 0.3) is 6.08 Å². The molecule has 4 aromatic rings. The smallest absolute Gasteiger partial charge is 0.272 e. The van der Waals surface area contributed by atoms with Gasteiger partial charge in [0.25, 0.3) is 11.8 Å². The van der Waals surface area contributed by atoms with Gasteiger partial charge in [-0.2, -0.15) is 5.26 Å².